The number of methoxy groups -OCH3 is 1. The van der Waals surface area contributed by atoms with Crippen molar-refractivity contribution in [1.29, 1.82) is 0 Å². The van der Waals surface area contributed by atoms with Gasteiger partial charge in [-0.2, -0.15) is 0 Å². The summed E-state index contributed by atoms with van der Waals surface area (Å²) in [6.45, 7) is 1.83. The molecule has 8 heteroatoms. The van der Waals surface area contributed by atoms with Gasteiger partial charge in [0.2, 0.25) is 0 Å². The van der Waals surface area contributed by atoms with Gasteiger partial charge in [0.25, 0.3) is 5.69 Å². The molecule has 7 nitrogen and oxygen atoms in total. The molecule has 1 unspecified atom stereocenters. The number of nitro benzene ring substituents is 1. The van der Waals surface area contributed by atoms with E-state index < -0.39 is 10.9 Å². The van der Waals surface area contributed by atoms with Crippen molar-refractivity contribution >= 4 is 27.6 Å². The number of halogens is 1. The van der Waals surface area contributed by atoms with E-state index in [1.165, 1.54) is 19.2 Å². The van der Waals surface area contributed by atoms with Gasteiger partial charge in [-0.05, 0) is 6.92 Å². The van der Waals surface area contributed by atoms with Crippen LogP contribution in [0.2, 0.25) is 0 Å². The molecule has 1 heterocycles. The number of nitrogens with zero attached hydrogens (tertiary/aromatic N) is 3. The van der Waals surface area contributed by atoms with Crippen molar-refractivity contribution in [3.8, 4) is 22.6 Å². The fourth-order valence-electron chi connectivity index (χ4n) is 2.76. The molecule has 0 bridgehead atoms. The molecular weight excluding hydrogens is 426 g/mol. The molecule has 3 rings (SSSR count). The Kier molecular flexibility index (Phi) is 5.79. The Balaban J connectivity index is 2.34. The van der Waals surface area contributed by atoms with Crippen LogP contribution < -0.4 is 0 Å². The Morgan fingerprint density at radius 2 is 1.79 bits per heavy atom. The van der Waals surface area contributed by atoms with Gasteiger partial charge in [-0.25, -0.2) is 14.8 Å². The summed E-state index contributed by atoms with van der Waals surface area (Å²) in [6.07, 6.45) is 0. The lowest BCUT2D eigenvalue weighted by molar-refractivity contribution is -0.384. The average Bonchev–Trinajstić information content (AvgIpc) is 2.72. The fourth-order valence-corrected chi connectivity index (χ4v) is 3.09. The maximum absolute atomic E-state index is 12.5. The number of non-ortho nitro benzene ring substituents is 1. The second-order valence-electron chi connectivity index (χ2n) is 5.94. The van der Waals surface area contributed by atoms with Gasteiger partial charge in [0, 0.05) is 23.3 Å². The van der Waals surface area contributed by atoms with E-state index in [1.54, 1.807) is 12.1 Å². The largest absolute Gasteiger partial charge is 0.465 e. The molecule has 28 heavy (non-hydrogen) atoms. The number of ether oxygens (including phenoxy) is 1. The number of esters is 1. The predicted octanol–water partition coefficient (Wildman–Crippen LogP) is 4.96. The van der Waals surface area contributed by atoms with Crippen LogP contribution in [-0.4, -0.2) is 28.0 Å². The molecule has 0 aliphatic heterocycles. The van der Waals surface area contributed by atoms with Crippen molar-refractivity contribution in [2.75, 3.05) is 7.11 Å². The summed E-state index contributed by atoms with van der Waals surface area (Å²) in [4.78, 5) is 32.1. The third-order valence-electron chi connectivity index (χ3n) is 4.07. The third kappa shape index (κ3) is 3.91. The van der Waals surface area contributed by atoms with Crippen LogP contribution in [0.15, 0.2) is 54.6 Å². The lowest BCUT2D eigenvalue weighted by atomic mass is 10.0. The number of nitro groups is 1. The Bertz CT molecular complexity index is 1040. The molecular formula is C20H16BrN3O4. The molecule has 0 saturated carbocycles. The van der Waals surface area contributed by atoms with Crippen LogP contribution in [0.3, 0.4) is 0 Å². The summed E-state index contributed by atoms with van der Waals surface area (Å²) in [7, 11) is 1.27. The second kappa shape index (κ2) is 8.26. The van der Waals surface area contributed by atoms with Crippen LogP contribution in [0.1, 0.15) is 27.8 Å². The van der Waals surface area contributed by atoms with Crippen molar-refractivity contribution in [1.82, 2.24) is 9.97 Å². The first kappa shape index (κ1) is 19.6. The maximum atomic E-state index is 12.5. The molecule has 1 aromatic heterocycles. The minimum atomic E-state index is -0.609. The van der Waals surface area contributed by atoms with E-state index in [0.29, 0.717) is 17.1 Å². The highest BCUT2D eigenvalue weighted by Crippen LogP contribution is 2.34. The van der Waals surface area contributed by atoms with Crippen molar-refractivity contribution < 1.29 is 14.5 Å². The van der Waals surface area contributed by atoms with Crippen molar-refractivity contribution in [3.05, 3.63) is 76.0 Å². The Morgan fingerprint density at radius 1 is 1.11 bits per heavy atom. The van der Waals surface area contributed by atoms with Crippen LogP contribution >= 0.6 is 15.9 Å². The van der Waals surface area contributed by atoms with Crippen molar-refractivity contribution in [2.24, 2.45) is 0 Å². The van der Waals surface area contributed by atoms with Crippen molar-refractivity contribution in [3.63, 3.8) is 0 Å². The number of rotatable bonds is 5. The first-order chi connectivity index (χ1) is 13.4. The highest BCUT2D eigenvalue weighted by molar-refractivity contribution is 9.09. The van der Waals surface area contributed by atoms with Crippen molar-refractivity contribution in [2.45, 2.75) is 11.8 Å². The molecule has 0 N–H and O–H groups in total. The predicted molar refractivity (Wildman–Crippen MR) is 108 cm³/mol. The van der Waals surface area contributed by atoms with Gasteiger partial charge < -0.3 is 4.74 Å². The van der Waals surface area contributed by atoms with E-state index in [-0.39, 0.29) is 21.8 Å². The van der Waals surface area contributed by atoms with Gasteiger partial charge in [-0.3, -0.25) is 10.1 Å². The molecule has 0 amide bonds. The summed E-state index contributed by atoms with van der Waals surface area (Å²) >= 11 is 3.48. The molecule has 0 aliphatic carbocycles. The number of hydrogen-bond acceptors (Lipinski definition) is 6. The Hall–Kier alpha value is -3.13. The van der Waals surface area contributed by atoms with E-state index in [0.717, 1.165) is 5.56 Å². The molecule has 0 aliphatic rings. The molecule has 3 aromatic rings. The zero-order chi connectivity index (χ0) is 20.3. The normalized spacial score (nSPS) is 11.7. The second-order valence-corrected chi connectivity index (χ2v) is 7.31. The summed E-state index contributed by atoms with van der Waals surface area (Å²) < 4.78 is 4.94. The molecule has 1 atom stereocenters. The lowest BCUT2D eigenvalue weighted by Crippen LogP contribution is -2.13. The quantitative estimate of drug-likeness (QED) is 0.240. The minimum Gasteiger partial charge on any atom is -0.465 e. The zero-order valence-electron chi connectivity index (χ0n) is 15.1. The van der Waals surface area contributed by atoms with E-state index in [4.69, 9.17) is 4.74 Å². The highest BCUT2D eigenvalue weighted by Gasteiger charge is 2.26. The first-order valence-corrected chi connectivity index (χ1v) is 9.28. The molecule has 0 fully saturated rings. The number of benzene rings is 2. The highest BCUT2D eigenvalue weighted by atomic mass is 79.9. The van der Waals surface area contributed by atoms with Gasteiger partial charge in [0.15, 0.2) is 5.82 Å². The summed E-state index contributed by atoms with van der Waals surface area (Å²) in [6, 6.07) is 15.3. The van der Waals surface area contributed by atoms with Crippen LogP contribution in [0.5, 0.6) is 0 Å². The first-order valence-electron chi connectivity index (χ1n) is 8.37. The third-order valence-corrected chi connectivity index (χ3v) is 4.50. The van der Waals surface area contributed by atoms with E-state index in [2.05, 4.69) is 25.9 Å². The Morgan fingerprint density at radius 3 is 2.39 bits per heavy atom. The molecule has 142 valence electrons. The molecule has 0 radical (unpaired) electrons. The smallest absolute Gasteiger partial charge is 0.342 e. The van der Waals surface area contributed by atoms with E-state index in [9.17, 15) is 14.9 Å². The van der Waals surface area contributed by atoms with Gasteiger partial charge in [-0.1, -0.05) is 58.4 Å². The number of carbonyl (C=O) groups is 1. The fraction of sp³-hybridized carbons (Fsp3) is 0.150. The zero-order valence-corrected chi connectivity index (χ0v) is 16.7. The number of alkyl halides is 1. The van der Waals surface area contributed by atoms with Gasteiger partial charge in [0.05, 0.1) is 28.2 Å². The van der Waals surface area contributed by atoms with E-state index >= 15 is 0 Å². The van der Waals surface area contributed by atoms with Crippen LogP contribution in [0, 0.1) is 10.1 Å². The number of hydrogen-bond donors (Lipinski definition) is 0. The number of aromatic nitrogens is 2. The van der Waals surface area contributed by atoms with Gasteiger partial charge in [0.1, 0.15) is 5.56 Å². The minimum absolute atomic E-state index is 0.0957. The van der Waals surface area contributed by atoms with Crippen LogP contribution in [0.25, 0.3) is 22.6 Å². The molecule has 0 saturated heterocycles. The average molecular weight is 442 g/mol. The SMILES string of the molecule is COC(=O)c1c(-c2cccc([N+](=O)[O-])c2)nc(-c2ccccc2)nc1C(C)Br. The van der Waals surface area contributed by atoms with Crippen LogP contribution in [0.4, 0.5) is 5.69 Å². The lowest BCUT2D eigenvalue weighted by Gasteiger charge is -2.15. The number of carbonyl (C=O) groups excluding carboxylic acids is 1. The topological polar surface area (TPSA) is 95.2 Å². The molecule has 2 aromatic carbocycles. The maximum Gasteiger partial charge on any atom is 0.342 e. The summed E-state index contributed by atoms with van der Waals surface area (Å²) in [5.74, 6) is -0.196. The van der Waals surface area contributed by atoms with E-state index in [1.807, 2.05) is 37.3 Å². The standard InChI is InChI=1S/C20H16BrN3O4/c1-12(21)17-16(20(25)28-2)18(14-9-6-10-15(11-14)24(26)27)23-19(22-17)13-7-4-3-5-8-13/h3-12H,1-2H3. The summed E-state index contributed by atoms with van der Waals surface area (Å²) in [5.41, 5.74) is 2.00. The Labute approximate surface area is 169 Å². The van der Waals surface area contributed by atoms with Gasteiger partial charge >= 0.3 is 5.97 Å². The summed E-state index contributed by atoms with van der Waals surface area (Å²) in [5, 5.41) is 11.2. The monoisotopic (exact) mass is 441 g/mol. The van der Waals surface area contributed by atoms with Crippen LogP contribution in [-0.2, 0) is 4.74 Å². The van der Waals surface area contributed by atoms with Gasteiger partial charge in [-0.15, -0.1) is 0 Å². The molecule has 0 spiro atoms.